The van der Waals surface area contributed by atoms with Gasteiger partial charge in [0, 0.05) is 11.1 Å². The molecule has 0 heterocycles. The van der Waals surface area contributed by atoms with Crippen LogP contribution < -0.4 is 5.73 Å². The van der Waals surface area contributed by atoms with E-state index in [1.165, 1.54) is 21.9 Å². The molecule has 21 heavy (non-hydrogen) atoms. The van der Waals surface area contributed by atoms with E-state index in [0.717, 1.165) is 18.5 Å². The number of anilines is 1. The Balaban J connectivity index is 2.44. The van der Waals surface area contributed by atoms with E-state index < -0.39 is 0 Å². The van der Waals surface area contributed by atoms with E-state index in [9.17, 15) is 0 Å². The molecule has 2 aromatic carbocycles. The van der Waals surface area contributed by atoms with E-state index >= 15 is 0 Å². The summed E-state index contributed by atoms with van der Waals surface area (Å²) >= 11 is 0. The third kappa shape index (κ3) is 4.49. The van der Waals surface area contributed by atoms with Crippen molar-refractivity contribution in [1.29, 1.82) is 0 Å². The highest BCUT2D eigenvalue weighted by atomic mass is 14.6. The summed E-state index contributed by atoms with van der Waals surface area (Å²) in [5.74, 6) is 0. The Morgan fingerprint density at radius 1 is 0.762 bits per heavy atom. The summed E-state index contributed by atoms with van der Waals surface area (Å²) in [6, 6.07) is 11.1. The van der Waals surface area contributed by atoms with Gasteiger partial charge in [0.2, 0.25) is 0 Å². The molecule has 1 nitrogen and oxygen atoms in total. The molecule has 0 aliphatic rings. The summed E-state index contributed by atoms with van der Waals surface area (Å²) in [4.78, 5) is 0. The van der Waals surface area contributed by atoms with Crippen LogP contribution in [0.5, 0.6) is 0 Å². The van der Waals surface area contributed by atoms with Gasteiger partial charge in [-0.05, 0) is 46.3 Å². The Bertz CT molecular complexity index is 634. The molecule has 0 spiro atoms. The van der Waals surface area contributed by atoms with Crippen LogP contribution in [0.15, 0.2) is 30.3 Å². The van der Waals surface area contributed by atoms with Gasteiger partial charge in [-0.3, -0.25) is 0 Å². The molecule has 0 unspecified atom stereocenters. The molecular weight excluding hydrogens is 254 g/mol. The summed E-state index contributed by atoms with van der Waals surface area (Å²) in [5, 5.41) is 2.45. The highest BCUT2D eigenvalue weighted by Gasteiger charge is 2.14. The number of hydrogen-bond acceptors (Lipinski definition) is 1. The zero-order valence-corrected chi connectivity index (χ0v) is 14.4. The zero-order chi connectivity index (χ0) is 15.8. The van der Waals surface area contributed by atoms with Gasteiger partial charge in [-0.2, -0.15) is 0 Å². The van der Waals surface area contributed by atoms with Crippen molar-refractivity contribution >= 4 is 16.5 Å². The van der Waals surface area contributed by atoms with Gasteiger partial charge in [0.25, 0.3) is 0 Å². The second-order valence-electron chi connectivity index (χ2n) is 8.72. The van der Waals surface area contributed by atoms with Crippen molar-refractivity contribution in [3.8, 4) is 0 Å². The van der Waals surface area contributed by atoms with Gasteiger partial charge in [-0.1, -0.05) is 65.8 Å². The molecule has 114 valence electrons. The van der Waals surface area contributed by atoms with Gasteiger partial charge in [-0.25, -0.2) is 0 Å². The van der Waals surface area contributed by atoms with Crippen molar-refractivity contribution in [2.45, 2.75) is 54.4 Å². The Labute approximate surface area is 129 Å². The molecule has 0 saturated carbocycles. The van der Waals surface area contributed by atoms with Crippen LogP contribution in [0, 0.1) is 10.8 Å². The molecule has 1 heteroatoms. The van der Waals surface area contributed by atoms with Gasteiger partial charge in [-0.15, -0.1) is 0 Å². The maximum atomic E-state index is 6.25. The van der Waals surface area contributed by atoms with Crippen molar-refractivity contribution in [2.24, 2.45) is 10.8 Å². The molecule has 0 bridgehead atoms. The van der Waals surface area contributed by atoms with Crippen molar-refractivity contribution in [3.63, 3.8) is 0 Å². The van der Waals surface area contributed by atoms with Crippen LogP contribution in [-0.4, -0.2) is 0 Å². The van der Waals surface area contributed by atoms with Crippen molar-refractivity contribution in [2.75, 3.05) is 5.73 Å². The number of fused-ring (bicyclic) bond motifs is 1. The predicted octanol–water partition coefficient (Wildman–Crippen LogP) is 5.60. The van der Waals surface area contributed by atoms with E-state index in [1.54, 1.807) is 0 Å². The second kappa shape index (κ2) is 5.36. The minimum absolute atomic E-state index is 0.281. The van der Waals surface area contributed by atoms with Crippen molar-refractivity contribution in [1.82, 2.24) is 0 Å². The smallest absolute Gasteiger partial charge is 0.0396 e. The highest BCUT2D eigenvalue weighted by molar-refractivity contribution is 5.94. The summed E-state index contributed by atoms with van der Waals surface area (Å²) < 4.78 is 0. The summed E-state index contributed by atoms with van der Waals surface area (Å²) in [5.41, 5.74) is 10.5. The van der Waals surface area contributed by atoms with Crippen LogP contribution >= 0.6 is 0 Å². The lowest BCUT2D eigenvalue weighted by atomic mass is 9.85. The minimum Gasteiger partial charge on any atom is -0.398 e. The van der Waals surface area contributed by atoms with E-state index in [-0.39, 0.29) is 5.41 Å². The van der Waals surface area contributed by atoms with E-state index in [0.29, 0.717) is 5.41 Å². The topological polar surface area (TPSA) is 26.0 Å². The maximum Gasteiger partial charge on any atom is 0.0396 e. The van der Waals surface area contributed by atoms with Gasteiger partial charge in [0.15, 0.2) is 0 Å². The van der Waals surface area contributed by atoms with Gasteiger partial charge in [0.05, 0.1) is 0 Å². The molecule has 0 radical (unpaired) electrons. The number of hydrogen-bond donors (Lipinski definition) is 1. The molecule has 0 amide bonds. The maximum absolute atomic E-state index is 6.25. The van der Waals surface area contributed by atoms with Gasteiger partial charge < -0.3 is 5.73 Å². The van der Waals surface area contributed by atoms with Crippen LogP contribution in [0.4, 0.5) is 5.69 Å². The average Bonchev–Trinajstić information content (AvgIpc) is 2.23. The number of nitrogen functional groups attached to an aromatic ring is 1. The molecular formula is C20H29N. The van der Waals surface area contributed by atoms with Crippen molar-refractivity contribution in [3.05, 3.63) is 41.5 Å². The molecule has 0 fully saturated rings. The molecule has 0 saturated heterocycles. The average molecular weight is 283 g/mol. The number of nitrogens with two attached hydrogens (primary N) is 1. The molecule has 0 atom stereocenters. The monoisotopic (exact) mass is 283 g/mol. The number of benzene rings is 2. The van der Waals surface area contributed by atoms with Crippen LogP contribution in [-0.2, 0) is 12.8 Å². The first kappa shape index (κ1) is 15.9. The normalized spacial score (nSPS) is 12.9. The van der Waals surface area contributed by atoms with Crippen molar-refractivity contribution < 1.29 is 0 Å². The molecule has 0 aliphatic carbocycles. The Hall–Kier alpha value is -1.50. The summed E-state index contributed by atoms with van der Waals surface area (Å²) in [6.07, 6.45) is 2.14. The third-order valence-electron chi connectivity index (χ3n) is 3.58. The first-order valence-corrected chi connectivity index (χ1v) is 7.85. The molecule has 0 aromatic heterocycles. The Morgan fingerprint density at radius 3 is 1.86 bits per heavy atom. The first-order chi connectivity index (χ1) is 9.53. The van der Waals surface area contributed by atoms with Gasteiger partial charge in [0.1, 0.15) is 0 Å². The van der Waals surface area contributed by atoms with E-state index in [2.05, 4.69) is 71.9 Å². The van der Waals surface area contributed by atoms with E-state index in [1.807, 2.05) is 0 Å². The zero-order valence-electron chi connectivity index (χ0n) is 14.4. The lowest BCUT2D eigenvalue weighted by Gasteiger charge is -2.20. The van der Waals surface area contributed by atoms with E-state index in [4.69, 9.17) is 5.73 Å². The largest absolute Gasteiger partial charge is 0.398 e. The second-order valence-corrected chi connectivity index (χ2v) is 8.72. The fourth-order valence-electron chi connectivity index (χ4n) is 2.95. The van der Waals surface area contributed by atoms with Crippen LogP contribution in [0.25, 0.3) is 10.8 Å². The Morgan fingerprint density at radius 2 is 1.29 bits per heavy atom. The fraction of sp³-hybridized carbons (Fsp3) is 0.500. The highest BCUT2D eigenvalue weighted by Crippen LogP contribution is 2.30. The first-order valence-electron chi connectivity index (χ1n) is 7.85. The number of rotatable bonds is 2. The van der Waals surface area contributed by atoms with Gasteiger partial charge >= 0.3 is 0 Å². The minimum atomic E-state index is 0.281. The molecule has 2 rings (SSSR count). The quantitative estimate of drug-likeness (QED) is 0.713. The third-order valence-corrected chi connectivity index (χ3v) is 3.58. The SMILES string of the molecule is CC(C)(C)Cc1ccc2c(N)cc(CC(C)(C)C)cc2c1. The van der Waals surface area contributed by atoms with Crippen LogP contribution in [0.2, 0.25) is 0 Å². The predicted molar refractivity (Wildman–Crippen MR) is 94.7 cm³/mol. The summed E-state index contributed by atoms with van der Waals surface area (Å²) in [7, 11) is 0. The standard InChI is InChI=1S/C20H29N/c1-19(2,3)12-14-7-8-17-16(9-14)10-15(11-18(17)21)13-20(4,5)6/h7-11H,12-13,21H2,1-6H3. The lowest BCUT2D eigenvalue weighted by molar-refractivity contribution is 0.411. The summed E-state index contributed by atoms with van der Waals surface area (Å²) in [6.45, 7) is 13.6. The Kier molecular flexibility index (Phi) is 4.06. The molecule has 2 N–H and O–H groups in total. The lowest BCUT2D eigenvalue weighted by Crippen LogP contribution is -2.10. The molecule has 2 aromatic rings. The van der Waals surface area contributed by atoms with Crippen LogP contribution in [0.3, 0.4) is 0 Å². The molecule has 0 aliphatic heterocycles. The fourth-order valence-corrected chi connectivity index (χ4v) is 2.95. The van der Waals surface area contributed by atoms with Crippen LogP contribution in [0.1, 0.15) is 52.7 Å².